The second kappa shape index (κ2) is 14.3. The van der Waals surface area contributed by atoms with Gasteiger partial charge in [0.2, 0.25) is 0 Å². The van der Waals surface area contributed by atoms with E-state index in [-0.39, 0.29) is 0 Å². The average Bonchev–Trinajstić information content (AvgIpc) is 3.64. The van der Waals surface area contributed by atoms with Gasteiger partial charge in [-0.1, -0.05) is 134 Å². The molecule has 0 bridgehead atoms. The van der Waals surface area contributed by atoms with Gasteiger partial charge >= 0.3 is 0 Å². The van der Waals surface area contributed by atoms with E-state index < -0.39 is 0 Å². The number of aryl methyl sites for hydroxylation is 1. The van der Waals surface area contributed by atoms with Crippen molar-refractivity contribution < 1.29 is 0 Å². The van der Waals surface area contributed by atoms with E-state index in [1.807, 2.05) is 30.3 Å². The smallest absolute Gasteiger partial charge is 0.114 e. The molecule has 0 amide bonds. The monoisotopic (exact) mass is 709 g/mol. The van der Waals surface area contributed by atoms with E-state index in [1.165, 1.54) is 0 Å². The Hall–Kier alpha value is -7.24. The largest absolute Gasteiger partial charge is 0.397 e. The van der Waals surface area contributed by atoms with Crippen LogP contribution in [0.5, 0.6) is 0 Å². The zero-order valence-electron chi connectivity index (χ0n) is 30.5. The van der Waals surface area contributed by atoms with Gasteiger partial charge in [-0.15, -0.1) is 0 Å². The molecule has 9 aromatic rings. The van der Waals surface area contributed by atoms with Gasteiger partial charge in [0.15, 0.2) is 0 Å². The number of anilines is 2. The van der Waals surface area contributed by atoms with Crippen LogP contribution in [-0.4, -0.2) is 14.5 Å². The van der Waals surface area contributed by atoms with E-state index in [9.17, 15) is 0 Å². The third-order valence-corrected chi connectivity index (χ3v) is 10.3. The van der Waals surface area contributed by atoms with Crippen LogP contribution in [0, 0.1) is 0 Å². The summed E-state index contributed by atoms with van der Waals surface area (Å²) in [5, 5.41) is 0. The molecule has 0 unspecified atom stereocenters. The molecule has 0 aliphatic heterocycles. The van der Waals surface area contributed by atoms with Gasteiger partial charge in [-0.05, 0) is 99.1 Å². The minimum atomic E-state index is 0.556. The minimum absolute atomic E-state index is 0.556. The van der Waals surface area contributed by atoms with Crippen LogP contribution in [0.4, 0.5) is 11.4 Å². The van der Waals surface area contributed by atoms with Gasteiger partial charge in [0.05, 0.1) is 33.8 Å². The topological polar surface area (TPSA) is 82.8 Å². The van der Waals surface area contributed by atoms with Gasteiger partial charge in [0, 0.05) is 23.2 Å². The Kier molecular flexibility index (Phi) is 8.73. The lowest BCUT2D eigenvalue weighted by molar-refractivity contribution is 0.908. The van der Waals surface area contributed by atoms with Crippen molar-refractivity contribution in [1.82, 2.24) is 14.5 Å². The highest BCUT2D eigenvalue weighted by molar-refractivity contribution is 5.91. The summed E-state index contributed by atoms with van der Waals surface area (Å²) in [7, 11) is 0. The maximum atomic E-state index is 6.46. The van der Waals surface area contributed by atoms with Crippen LogP contribution in [0.2, 0.25) is 0 Å². The number of fused-ring (bicyclic) bond motifs is 1. The molecule has 5 heteroatoms. The van der Waals surface area contributed by atoms with Crippen molar-refractivity contribution in [3.63, 3.8) is 0 Å². The lowest BCUT2D eigenvalue weighted by Crippen LogP contribution is -2.01. The molecular weight excluding hydrogens is 671 g/mol. The third kappa shape index (κ3) is 6.53. The fraction of sp³-hybridized carbons (Fsp3) is 0.0400. The summed E-state index contributed by atoms with van der Waals surface area (Å²) in [6.45, 7) is 2.14. The van der Waals surface area contributed by atoms with Crippen molar-refractivity contribution in [2.45, 2.75) is 13.3 Å². The summed E-state index contributed by atoms with van der Waals surface area (Å²) in [5.41, 5.74) is 29.8. The van der Waals surface area contributed by atoms with Crippen LogP contribution in [0.1, 0.15) is 12.7 Å². The van der Waals surface area contributed by atoms with Crippen LogP contribution in [0.15, 0.2) is 182 Å². The standard InChI is InChI=1S/C50H39N5/c1-2-50-54-46-21-9-10-22-49(46)55(50)41-20-12-18-38(28-41)43-32-45(52)44(51)31-42(43)35-25-23-34(24-26-35)37-17-11-19-39(27-37)48-30-40(33-13-5-3-6-14-33)29-47(53-48)36-15-7-4-8-16-36/h3-32H,2,51-52H2,1H3. The van der Waals surface area contributed by atoms with E-state index in [2.05, 4.69) is 163 Å². The van der Waals surface area contributed by atoms with E-state index in [4.69, 9.17) is 21.4 Å². The molecular formula is C50H39N5. The number of hydrogen-bond donors (Lipinski definition) is 2. The molecule has 0 saturated heterocycles. The molecule has 5 nitrogen and oxygen atoms in total. The molecule has 264 valence electrons. The number of benzene rings is 7. The van der Waals surface area contributed by atoms with Crippen molar-refractivity contribution in [3.05, 3.63) is 188 Å². The maximum absolute atomic E-state index is 6.46. The van der Waals surface area contributed by atoms with Crippen LogP contribution >= 0.6 is 0 Å². The molecule has 0 saturated carbocycles. The number of imidazole rings is 1. The minimum Gasteiger partial charge on any atom is -0.397 e. The lowest BCUT2D eigenvalue weighted by Gasteiger charge is -2.16. The van der Waals surface area contributed by atoms with Crippen molar-refractivity contribution in [3.8, 4) is 72.7 Å². The molecule has 0 radical (unpaired) electrons. The summed E-state index contributed by atoms with van der Waals surface area (Å²) >= 11 is 0. The summed E-state index contributed by atoms with van der Waals surface area (Å²) in [6.07, 6.45) is 0.819. The fourth-order valence-corrected chi connectivity index (χ4v) is 7.46. The van der Waals surface area contributed by atoms with Crippen molar-refractivity contribution in [1.29, 1.82) is 0 Å². The molecule has 0 aliphatic rings. The first kappa shape index (κ1) is 33.6. The first-order chi connectivity index (χ1) is 27.0. The Bertz CT molecular complexity index is 2750. The summed E-state index contributed by atoms with van der Waals surface area (Å²) in [5.74, 6) is 1.02. The van der Waals surface area contributed by atoms with Crippen LogP contribution in [-0.2, 0) is 6.42 Å². The van der Waals surface area contributed by atoms with Gasteiger partial charge in [-0.3, -0.25) is 4.57 Å². The Morgan fingerprint density at radius 2 is 0.964 bits per heavy atom. The first-order valence-corrected chi connectivity index (χ1v) is 18.6. The van der Waals surface area contributed by atoms with Gasteiger partial charge in [0.1, 0.15) is 5.82 Å². The summed E-state index contributed by atoms with van der Waals surface area (Å²) in [6, 6.07) is 63.4. The van der Waals surface area contributed by atoms with Crippen LogP contribution in [0.3, 0.4) is 0 Å². The fourth-order valence-electron chi connectivity index (χ4n) is 7.46. The predicted molar refractivity (Wildman–Crippen MR) is 230 cm³/mol. The van der Waals surface area contributed by atoms with Gasteiger partial charge in [-0.2, -0.15) is 0 Å². The highest BCUT2D eigenvalue weighted by Gasteiger charge is 2.16. The molecule has 0 aliphatic carbocycles. The summed E-state index contributed by atoms with van der Waals surface area (Å²) in [4.78, 5) is 10.1. The second-order valence-electron chi connectivity index (χ2n) is 13.8. The molecule has 0 atom stereocenters. The van der Waals surface area contributed by atoms with E-state index in [1.54, 1.807) is 0 Å². The number of hydrogen-bond acceptors (Lipinski definition) is 4. The normalized spacial score (nSPS) is 11.2. The predicted octanol–water partition coefficient (Wildman–Crippen LogP) is 12.1. The number of pyridine rings is 1. The molecule has 4 N–H and O–H groups in total. The van der Waals surface area contributed by atoms with Gasteiger partial charge < -0.3 is 11.5 Å². The number of aromatic nitrogens is 3. The lowest BCUT2D eigenvalue weighted by atomic mass is 9.91. The average molecular weight is 710 g/mol. The van der Waals surface area contributed by atoms with Crippen LogP contribution in [0.25, 0.3) is 83.7 Å². The van der Waals surface area contributed by atoms with E-state index >= 15 is 0 Å². The third-order valence-electron chi connectivity index (χ3n) is 10.3. The molecule has 9 rings (SSSR count). The Balaban J connectivity index is 1.08. The number of rotatable bonds is 8. The summed E-state index contributed by atoms with van der Waals surface area (Å²) < 4.78 is 2.25. The number of para-hydroxylation sites is 2. The van der Waals surface area contributed by atoms with E-state index in [0.29, 0.717) is 11.4 Å². The Morgan fingerprint density at radius 3 is 1.69 bits per heavy atom. The maximum Gasteiger partial charge on any atom is 0.114 e. The SMILES string of the molecule is CCc1nc2ccccc2n1-c1cccc(-c2cc(N)c(N)cc2-c2ccc(-c3cccc(-c4cc(-c5ccccc5)cc(-c5ccccc5)n4)c3)cc2)c1. The first-order valence-electron chi connectivity index (χ1n) is 18.6. The van der Waals surface area contributed by atoms with Gasteiger partial charge in [-0.25, -0.2) is 9.97 Å². The number of nitrogens with zero attached hydrogens (tertiary/aromatic N) is 3. The van der Waals surface area contributed by atoms with Crippen molar-refractivity contribution in [2.75, 3.05) is 11.5 Å². The zero-order valence-corrected chi connectivity index (χ0v) is 30.5. The zero-order chi connectivity index (χ0) is 37.3. The highest BCUT2D eigenvalue weighted by atomic mass is 15.1. The van der Waals surface area contributed by atoms with Crippen molar-refractivity contribution in [2.24, 2.45) is 0 Å². The number of nitrogen functional groups attached to an aromatic ring is 2. The molecule has 55 heavy (non-hydrogen) atoms. The molecule has 2 heterocycles. The number of nitrogens with two attached hydrogens (primary N) is 2. The quantitative estimate of drug-likeness (QED) is 0.154. The van der Waals surface area contributed by atoms with Crippen LogP contribution < -0.4 is 11.5 Å². The Labute approximate surface area is 321 Å². The molecule has 7 aromatic carbocycles. The van der Waals surface area contributed by atoms with Gasteiger partial charge in [0.25, 0.3) is 0 Å². The molecule has 0 fully saturated rings. The molecule has 2 aromatic heterocycles. The van der Waals surface area contributed by atoms with Crippen molar-refractivity contribution >= 4 is 22.4 Å². The highest BCUT2D eigenvalue weighted by Crippen LogP contribution is 2.39. The Morgan fingerprint density at radius 1 is 0.418 bits per heavy atom. The second-order valence-corrected chi connectivity index (χ2v) is 13.8. The van der Waals surface area contributed by atoms with E-state index in [0.717, 1.165) is 96.0 Å². The molecule has 0 spiro atoms.